The van der Waals surface area contributed by atoms with Crippen molar-refractivity contribution >= 4 is 44.7 Å². The Morgan fingerprint density at radius 2 is 1.60 bits per heavy atom. The molecule has 0 aliphatic rings. The topological polar surface area (TPSA) is 59.9 Å². The molecule has 1 aromatic carbocycles. The van der Waals surface area contributed by atoms with Gasteiger partial charge in [0.05, 0.1) is 4.90 Å². The number of fused-ring (bicyclic) bond motifs is 1. The highest BCUT2D eigenvalue weighted by Gasteiger charge is 2.07. The van der Waals surface area contributed by atoms with Gasteiger partial charge in [-0.15, -0.1) is 10.2 Å². The number of benzene rings is 1. The van der Waals surface area contributed by atoms with Crippen LogP contribution < -0.4 is 0 Å². The fourth-order valence-corrected chi connectivity index (χ4v) is 2.02. The molecular weight excluding hydrogens is 259 g/mol. The normalized spacial score (nSPS) is 11.1. The minimum atomic E-state index is -2.64. The van der Waals surface area contributed by atoms with Crippen LogP contribution in [0.2, 0.25) is 10.3 Å². The highest BCUT2D eigenvalue weighted by atomic mass is 35.5. The van der Waals surface area contributed by atoms with Gasteiger partial charge in [0.15, 0.2) is 21.0 Å². The van der Waals surface area contributed by atoms with E-state index in [0.717, 1.165) is 0 Å². The molecule has 0 saturated heterocycles. The van der Waals surface area contributed by atoms with Crippen molar-refractivity contribution < 1.29 is 8.42 Å². The average Bonchev–Trinajstić information content (AvgIpc) is 2.23. The molecule has 0 spiro atoms. The summed E-state index contributed by atoms with van der Waals surface area (Å²) in [5.41, 5.74) is 0. The van der Waals surface area contributed by atoms with E-state index >= 15 is 0 Å². The Labute approximate surface area is 96.8 Å². The Kier molecular flexibility index (Phi) is 2.77. The number of aromatic nitrogens is 2. The van der Waals surface area contributed by atoms with Crippen LogP contribution in [0.5, 0.6) is 0 Å². The van der Waals surface area contributed by atoms with E-state index in [9.17, 15) is 8.42 Å². The monoisotopic (exact) mass is 262 g/mol. The average molecular weight is 263 g/mol. The van der Waals surface area contributed by atoms with Crippen molar-refractivity contribution in [3.05, 3.63) is 28.5 Å². The van der Waals surface area contributed by atoms with Gasteiger partial charge in [-0.25, -0.2) is 8.42 Å². The number of hydrogen-bond donors (Lipinski definition) is 1. The van der Waals surface area contributed by atoms with Crippen molar-refractivity contribution in [3.8, 4) is 0 Å². The second-order valence-electron chi connectivity index (χ2n) is 2.77. The molecule has 78 valence electrons. The summed E-state index contributed by atoms with van der Waals surface area (Å²) < 4.78 is 21.5. The van der Waals surface area contributed by atoms with Crippen LogP contribution in [0.15, 0.2) is 23.1 Å². The van der Waals surface area contributed by atoms with Crippen molar-refractivity contribution in [3.63, 3.8) is 0 Å². The first kappa shape index (κ1) is 10.6. The van der Waals surface area contributed by atoms with E-state index in [1.165, 1.54) is 12.1 Å². The maximum Gasteiger partial charge on any atom is 0.168 e. The number of nitrogens with zero attached hydrogens (tertiary/aromatic N) is 2. The van der Waals surface area contributed by atoms with Gasteiger partial charge < -0.3 is 0 Å². The second kappa shape index (κ2) is 3.92. The summed E-state index contributed by atoms with van der Waals surface area (Å²) in [6.45, 7) is 0. The molecule has 0 bridgehead atoms. The molecule has 7 heteroatoms. The van der Waals surface area contributed by atoms with Crippen molar-refractivity contribution in [2.75, 3.05) is 0 Å². The number of thiol groups is 1. The molecule has 1 aromatic heterocycles. The Morgan fingerprint density at radius 3 is 2.20 bits per heavy atom. The molecular formula is C8H4Cl2N2O2S. The lowest BCUT2D eigenvalue weighted by Gasteiger charge is -2.00. The van der Waals surface area contributed by atoms with Crippen LogP contribution in [0.3, 0.4) is 0 Å². The van der Waals surface area contributed by atoms with E-state index in [-0.39, 0.29) is 15.2 Å². The molecule has 0 aliphatic carbocycles. The minimum absolute atomic E-state index is 0.133. The van der Waals surface area contributed by atoms with E-state index in [0.29, 0.717) is 10.8 Å². The summed E-state index contributed by atoms with van der Waals surface area (Å²) in [6.07, 6.45) is 0. The van der Waals surface area contributed by atoms with Gasteiger partial charge in [0.1, 0.15) is 0 Å². The highest BCUT2D eigenvalue weighted by Crippen LogP contribution is 2.26. The van der Waals surface area contributed by atoms with Gasteiger partial charge in [-0.1, -0.05) is 23.2 Å². The van der Waals surface area contributed by atoms with E-state index < -0.39 is 10.7 Å². The summed E-state index contributed by atoms with van der Waals surface area (Å²) in [5, 5.41) is 8.60. The number of rotatable bonds is 1. The van der Waals surface area contributed by atoms with Crippen LogP contribution >= 0.6 is 23.2 Å². The molecule has 2 rings (SSSR count). The van der Waals surface area contributed by atoms with Gasteiger partial charge in [-0.2, -0.15) is 0 Å². The maximum absolute atomic E-state index is 10.8. The molecule has 0 aliphatic heterocycles. The Balaban J connectivity index is 2.87. The Bertz CT molecular complexity index is 605. The summed E-state index contributed by atoms with van der Waals surface area (Å²) >= 11 is 11.6. The van der Waals surface area contributed by atoms with Crippen LogP contribution in [-0.2, 0) is 10.7 Å². The lowest BCUT2D eigenvalue weighted by atomic mass is 10.2. The Morgan fingerprint density at radius 1 is 1.00 bits per heavy atom. The molecule has 15 heavy (non-hydrogen) atoms. The Hall–Kier alpha value is -0.910. The third-order valence-electron chi connectivity index (χ3n) is 1.88. The lowest BCUT2D eigenvalue weighted by molar-refractivity contribution is 0.614. The van der Waals surface area contributed by atoms with Crippen molar-refractivity contribution in [2.24, 2.45) is 0 Å². The predicted octanol–water partition coefficient (Wildman–Crippen LogP) is 1.91. The predicted molar refractivity (Wildman–Crippen MR) is 58.1 cm³/mol. The van der Waals surface area contributed by atoms with Crippen molar-refractivity contribution in [1.82, 2.24) is 10.2 Å². The summed E-state index contributed by atoms with van der Waals surface area (Å²) in [5.74, 6) is 0. The zero-order chi connectivity index (χ0) is 11.0. The molecule has 1 heterocycles. The SMILES string of the molecule is O=[SH](=O)c1ccc2c(Cl)nnc(Cl)c2c1. The number of halogens is 2. The lowest BCUT2D eigenvalue weighted by Crippen LogP contribution is -1.88. The van der Waals surface area contributed by atoms with Crippen LogP contribution in [0.25, 0.3) is 10.8 Å². The fourth-order valence-electron chi connectivity index (χ4n) is 1.19. The molecule has 0 saturated carbocycles. The van der Waals surface area contributed by atoms with E-state index in [1.54, 1.807) is 6.07 Å². The maximum atomic E-state index is 10.8. The molecule has 0 fully saturated rings. The van der Waals surface area contributed by atoms with Gasteiger partial charge in [0, 0.05) is 10.8 Å². The molecule has 4 nitrogen and oxygen atoms in total. The molecule has 0 N–H and O–H groups in total. The van der Waals surface area contributed by atoms with Gasteiger partial charge in [-0.05, 0) is 18.2 Å². The summed E-state index contributed by atoms with van der Waals surface area (Å²) in [6, 6.07) is 4.42. The van der Waals surface area contributed by atoms with Gasteiger partial charge in [-0.3, -0.25) is 0 Å². The van der Waals surface area contributed by atoms with Gasteiger partial charge in [0.25, 0.3) is 0 Å². The number of hydrogen-bond acceptors (Lipinski definition) is 4. The van der Waals surface area contributed by atoms with Crippen molar-refractivity contribution in [2.45, 2.75) is 4.90 Å². The third-order valence-corrected chi connectivity index (χ3v) is 3.14. The standard InChI is InChI=1S/C8H4Cl2N2O2S/c9-7-5-2-1-4(15(13)14)3-6(5)8(10)12-11-7/h1-3,15H. The minimum Gasteiger partial charge on any atom is -0.227 e. The largest absolute Gasteiger partial charge is 0.227 e. The fraction of sp³-hybridized carbons (Fsp3) is 0. The van der Waals surface area contributed by atoms with Crippen LogP contribution in [0, 0.1) is 0 Å². The molecule has 0 atom stereocenters. The first-order valence-electron chi connectivity index (χ1n) is 3.85. The van der Waals surface area contributed by atoms with Crippen LogP contribution in [0.1, 0.15) is 0 Å². The molecule has 2 aromatic rings. The van der Waals surface area contributed by atoms with E-state index in [1.807, 2.05) is 0 Å². The van der Waals surface area contributed by atoms with Gasteiger partial charge >= 0.3 is 0 Å². The second-order valence-corrected chi connectivity index (χ2v) is 4.52. The summed E-state index contributed by atoms with van der Waals surface area (Å²) in [4.78, 5) is 0.170. The van der Waals surface area contributed by atoms with E-state index in [4.69, 9.17) is 23.2 Å². The van der Waals surface area contributed by atoms with E-state index in [2.05, 4.69) is 10.2 Å². The van der Waals surface area contributed by atoms with Crippen molar-refractivity contribution in [1.29, 1.82) is 0 Å². The third kappa shape index (κ3) is 1.90. The first-order valence-corrected chi connectivity index (χ1v) is 5.79. The smallest absolute Gasteiger partial charge is 0.168 e. The first-order chi connectivity index (χ1) is 7.09. The van der Waals surface area contributed by atoms with Gasteiger partial charge in [0.2, 0.25) is 0 Å². The zero-order valence-corrected chi connectivity index (χ0v) is 9.55. The van der Waals surface area contributed by atoms with Crippen LogP contribution in [-0.4, -0.2) is 18.6 Å². The summed E-state index contributed by atoms with van der Waals surface area (Å²) in [7, 11) is -2.64. The zero-order valence-electron chi connectivity index (χ0n) is 7.15. The molecule has 0 unspecified atom stereocenters. The van der Waals surface area contributed by atoms with Crippen LogP contribution in [0.4, 0.5) is 0 Å². The quantitative estimate of drug-likeness (QED) is 0.798. The molecule has 0 amide bonds. The molecule has 0 radical (unpaired) electrons. The highest BCUT2D eigenvalue weighted by molar-refractivity contribution is 7.72.